The summed E-state index contributed by atoms with van der Waals surface area (Å²) >= 11 is 1.71. The van der Waals surface area contributed by atoms with Gasteiger partial charge in [-0.25, -0.2) is 0 Å². The lowest BCUT2D eigenvalue weighted by atomic mass is 10.2. The van der Waals surface area contributed by atoms with Gasteiger partial charge in [-0.3, -0.25) is 4.79 Å². The summed E-state index contributed by atoms with van der Waals surface area (Å²) in [5.41, 5.74) is -0.259. The van der Waals surface area contributed by atoms with Gasteiger partial charge in [0.1, 0.15) is 6.61 Å². The van der Waals surface area contributed by atoms with Gasteiger partial charge in [-0.2, -0.15) is 0 Å². The molecule has 1 aromatic heterocycles. The van der Waals surface area contributed by atoms with Crippen molar-refractivity contribution in [3.8, 4) is 0 Å². The molecule has 0 aliphatic carbocycles. The largest absolute Gasteiger partial charge is 0.366 e. The molecular weight excluding hydrogens is 222 g/mol. The standard InChI is InChI=1S/C12H19NO2S/c1-12(2,3)15-9-11(14)13-7-6-10-5-4-8-16-10/h4-5,8H,6-7,9H2,1-3H3,(H,13,14). The van der Waals surface area contributed by atoms with E-state index in [1.807, 2.05) is 32.2 Å². The number of ether oxygens (including phenoxy) is 1. The summed E-state index contributed by atoms with van der Waals surface area (Å²) in [6.45, 7) is 6.62. The zero-order chi connectivity index (χ0) is 12.0. The fraction of sp³-hybridized carbons (Fsp3) is 0.583. The molecule has 1 amide bonds. The highest BCUT2D eigenvalue weighted by molar-refractivity contribution is 7.09. The van der Waals surface area contributed by atoms with Crippen molar-refractivity contribution in [3.05, 3.63) is 22.4 Å². The lowest BCUT2D eigenvalue weighted by Gasteiger charge is -2.18. The smallest absolute Gasteiger partial charge is 0.246 e. The second-order valence-electron chi connectivity index (χ2n) is 4.58. The minimum Gasteiger partial charge on any atom is -0.366 e. The van der Waals surface area contributed by atoms with Crippen LogP contribution in [0.25, 0.3) is 0 Å². The minimum atomic E-state index is -0.259. The fourth-order valence-corrected chi connectivity index (χ4v) is 1.82. The number of nitrogens with one attached hydrogen (secondary N) is 1. The summed E-state index contributed by atoms with van der Waals surface area (Å²) in [6.07, 6.45) is 0.888. The molecule has 0 saturated heterocycles. The van der Waals surface area contributed by atoms with Crippen LogP contribution in [0.3, 0.4) is 0 Å². The Hall–Kier alpha value is -0.870. The maximum absolute atomic E-state index is 11.4. The molecule has 0 aliphatic heterocycles. The lowest BCUT2D eigenvalue weighted by molar-refractivity contribution is -0.130. The van der Waals surface area contributed by atoms with Gasteiger partial charge in [0.2, 0.25) is 5.91 Å². The fourth-order valence-electron chi connectivity index (χ4n) is 1.11. The Morgan fingerprint density at radius 3 is 2.81 bits per heavy atom. The van der Waals surface area contributed by atoms with E-state index in [0.29, 0.717) is 6.54 Å². The lowest BCUT2D eigenvalue weighted by Crippen LogP contribution is -2.33. The maximum atomic E-state index is 11.4. The summed E-state index contributed by atoms with van der Waals surface area (Å²) in [7, 11) is 0. The van der Waals surface area contributed by atoms with Crippen LogP contribution in [0.1, 0.15) is 25.6 Å². The van der Waals surface area contributed by atoms with Gasteiger partial charge in [0.05, 0.1) is 5.60 Å². The summed E-state index contributed by atoms with van der Waals surface area (Å²) in [5.74, 6) is -0.0496. The van der Waals surface area contributed by atoms with E-state index >= 15 is 0 Å². The maximum Gasteiger partial charge on any atom is 0.246 e. The number of carbonyl (C=O) groups is 1. The first-order valence-corrected chi connectivity index (χ1v) is 6.28. The Labute approximate surface area is 101 Å². The first-order valence-electron chi connectivity index (χ1n) is 5.40. The highest BCUT2D eigenvalue weighted by Gasteiger charge is 2.12. The molecule has 0 aromatic carbocycles. The van der Waals surface area contributed by atoms with Crippen molar-refractivity contribution in [2.45, 2.75) is 32.8 Å². The van der Waals surface area contributed by atoms with Gasteiger partial charge in [0, 0.05) is 11.4 Å². The van der Waals surface area contributed by atoms with Gasteiger partial charge < -0.3 is 10.1 Å². The third-order valence-corrected chi connectivity index (χ3v) is 2.85. The molecule has 0 radical (unpaired) electrons. The zero-order valence-electron chi connectivity index (χ0n) is 10.1. The topological polar surface area (TPSA) is 38.3 Å². The number of rotatable bonds is 5. The summed E-state index contributed by atoms with van der Waals surface area (Å²) in [4.78, 5) is 12.7. The Balaban J connectivity index is 2.11. The zero-order valence-corrected chi connectivity index (χ0v) is 10.9. The minimum absolute atomic E-state index is 0.0496. The highest BCUT2D eigenvalue weighted by Crippen LogP contribution is 2.08. The number of hydrogen-bond acceptors (Lipinski definition) is 3. The van der Waals surface area contributed by atoms with Crippen molar-refractivity contribution in [1.29, 1.82) is 0 Å². The van der Waals surface area contributed by atoms with Crippen LogP contribution >= 0.6 is 11.3 Å². The van der Waals surface area contributed by atoms with Crippen molar-refractivity contribution in [3.63, 3.8) is 0 Å². The van der Waals surface area contributed by atoms with Gasteiger partial charge in [0.25, 0.3) is 0 Å². The van der Waals surface area contributed by atoms with E-state index in [1.54, 1.807) is 11.3 Å². The Morgan fingerprint density at radius 1 is 1.50 bits per heavy atom. The molecule has 16 heavy (non-hydrogen) atoms. The van der Waals surface area contributed by atoms with Crippen LogP contribution in [0.4, 0.5) is 0 Å². The van der Waals surface area contributed by atoms with Gasteiger partial charge in [0.15, 0.2) is 0 Å². The van der Waals surface area contributed by atoms with E-state index in [1.165, 1.54) is 4.88 Å². The van der Waals surface area contributed by atoms with Gasteiger partial charge in [-0.1, -0.05) is 6.07 Å². The second-order valence-corrected chi connectivity index (χ2v) is 5.61. The van der Waals surface area contributed by atoms with Crippen LogP contribution in [-0.4, -0.2) is 24.7 Å². The predicted molar refractivity (Wildman–Crippen MR) is 66.7 cm³/mol. The second kappa shape index (κ2) is 6.01. The van der Waals surface area contributed by atoms with E-state index in [-0.39, 0.29) is 18.1 Å². The first-order chi connectivity index (χ1) is 7.47. The monoisotopic (exact) mass is 241 g/mol. The molecule has 0 atom stereocenters. The molecule has 0 aliphatic rings. The third kappa shape index (κ3) is 5.88. The Bertz CT molecular complexity index is 314. The quantitative estimate of drug-likeness (QED) is 0.858. The van der Waals surface area contributed by atoms with E-state index in [9.17, 15) is 4.79 Å². The predicted octanol–water partition coefficient (Wildman–Crippen LogP) is 2.22. The molecule has 0 fully saturated rings. The molecule has 0 unspecified atom stereocenters. The first kappa shape index (κ1) is 13.2. The summed E-state index contributed by atoms with van der Waals surface area (Å²) < 4.78 is 5.37. The van der Waals surface area contributed by atoms with Crippen LogP contribution in [0.15, 0.2) is 17.5 Å². The van der Waals surface area contributed by atoms with E-state index in [4.69, 9.17) is 4.74 Å². The molecule has 1 aromatic rings. The average molecular weight is 241 g/mol. The number of carbonyl (C=O) groups excluding carboxylic acids is 1. The summed E-state index contributed by atoms with van der Waals surface area (Å²) in [5, 5.41) is 4.88. The van der Waals surface area contributed by atoms with E-state index in [0.717, 1.165) is 6.42 Å². The molecule has 90 valence electrons. The number of amides is 1. The van der Waals surface area contributed by atoms with Gasteiger partial charge in [-0.15, -0.1) is 11.3 Å². The molecular formula is C12H19NO2S. The summed E-state index contributed by atoms with van der Waals surface area (Å²) in [6, 6.07) is 4.09. The molecule has 4 heteroatoms. The number of thiophene rings is 1. The molecule has 1 heterocycles. The van der Waals surface area contributed by atoms with Gasteiger partial charge >= 0.3 is 0 Å². The van der Waals surface area contributed by atoms with Crippen molar-refractivity contribution in [2.24, 2.45) is 0 Å². The van der Waals surface area contributed by atoms with Crippen molar-refractivity contribution < 1.29 is 9.53 Å². The highest BCUT2D eigenvalue weighted by atomic mass is 32.1. The van der Waals surface area contributed by atoms with E-state index < -0.39 is 0 Å². The number of hydrogen-bond donors (Lipinski definition) is 1. The van der Waals surface area contributed by atoms with Crippen LogP contribution in [-0.2, 0) is 16.0 Å². The normalized spacial score (nSPS) is 11.4. The van der Waals surface area contributed by atoms with Crippen LogP contribution in [0.5, 0.6) is 0 Å². The van der Waals surface area contributed by atoms with Crippen LogP contribution < -0.4 is 5.32 Å². The Kier molecular flexibility index (Phi) is 4.96. The van der Waals surface area contributed by atoms with Crippen molar-refractivity contribution >= 4 is 17.2 Å². The van der Waals surface area contributed by atoms with Crippen molar-refractivity contribution in [1.82, 2.24) is 5.32 Å². The van der Waals surface area contributed by atoms with Crippen LogP contribution in [0, 0.1) is 0 Å². The molecule has 0 saturated carbocycles. The van der Waals surface area contributed by atoms with Crippen LogP contribution in [0.2, 0.25) is 0 Å². The van der Waals surface area contributed by atoms with Gasteiger partial charge in [-0.05, 0) is 38.6 Å². The van der Waals surface area contributed by atoms with E-state index in [2.05, 4.69) is 11.4 Å². The molecule has 3 nitrogen and oxygen atoms in total. The SMILES string of the molecule is CC(C)(C)OCC(=O)NCCc1cccs1. The van der Waals surface area contributed by atoms with Crippen molar-refractivity contribution in [2.75, 3.05) is 13.2 Å². The molecule has 1 rings (SSSR count). The molecule has 1 N–H and O–H groups in total. The molecule has 0 bridgehead atoms. The molecule has 0 spiro atoms. The Morgan fingerprint density at radius 2 is 2.25 bits per heavy atom. The third-order valence-electron chi connectivity index (χ3n) is 1.91. The average Bonchev–Trinajstić information content (AvgIpc) is 2.66.